The zero-order valence-corrected chi connectivity index (χ0v) is 15.0. The van der Waals surface area contributed by atoms with Crippen LogP contribution in [-0.2, 0) is 13.0 Å². The van der Waals surface area contributed by atoms with E-state index in [1.807, 2.05) is 31.2 Å². The number of ether oxygens (including phenoxy) is 2. The topological polar surface area (TPSA) is 30.5 Å². The fraction of sp³-hybridized carbons (Fsp3) is 0.333. The first-order valence-corrected chi connectivity index (χ1v) is 8.38. The summed E-state index contributed by atoms with van der Waals surface area (Å²) in [6.45, 7) is 3.82. The van der Waals surface area contributed by atoms with Gasteiger partial charge in [0.15, 0.2) is 11.5 Å². The molecular formula is C18H21BrFNO2. The molecule has 23 heavy (non-hydrogen) atoms. The van der Waals surface area contributed by atoms with Crippen molar-refractivity contribution in [1.82, 2.24) is 5.32 Å². The fourth-order valence-corrected chi connectivity index (χ4v) is 2.85. The van der Waals surface area contributed by atoms with Crippen LogP contribution in [0.1, 0.15) is 18.1 Å². The summed E-state index contributed by atoms with van der Waals surface area (Å²) < 4.78 is 25.6. The molecule has 1 N–H and O–H groups in total. The van der Waals surface area contributed by atoms with Gasteiger partial charge in [0.2, 0.25) is 0 Å². The van der Waals surface area contributed by atoms with E-state index in [-0.39, 0.29) is 5.82 Å². The van der Waals surface area contributed by atoms with Gasteiger partial charge in [0.05, 0.1) is 13.7 Å². The van der Waals surface area contributed by atoms with E-state index in [1.54, 1.807) is 13.2 Å². The summed E-state index contributed by atoms with van der Waals surface area (Å²) >= 11 is 3.48. The van der Waals surface area contributed by atoms with E-state index in [1.165, 1.54) is 6.07 Å². The summed E-state index contributed by atoms with van der Waals surface area (Å²) in [5.41, 5.74) is 1.73. The lowest BCUT2D eigenvalue weighted by atomic mass is 10.1. The Hall–Kier alpha value is -1.59. The molecule has 0 saturated heterocycles. The molecule has 5 heteroatoms. The molecule has 0 aliphatic rings. The minimum atomic E-state index is -0.159. The van der Waals surface area contributed by atoms with Crippen LogP contribution in [0, 0.1) is 5.82 Å². The summed E-state index contributed by atoms with van der Waals surface area (Å²) in [7, 11) is 1.62. The molecule has 0 saturated carbocycles. The van der Waals surface area contributed by atoms with E-state index in [0.717, 1.165) is 21.3 Å². The number of benzene rings is 2. The number of methoxy groups -OCH3 is 1. The molecular weight excluding hydrogens is 361 g/mol. The van der Waals surface area contributed by atoms with Crippen molar-refractivity contribution < 1.29 is 13.9 Å². The molecule has 2 aromatic carbocycles. The first kappa shape index (κ1) is 17.8. The molecule has 0 atom stereocenters. The maximum Gasteiger partial charge on any atom is 0.165 e. The van der Waals surface area contributed by atoms with Crippen LogP contribution in [0.3, 0.4) is 0 Å². The zero-order chi connectivity index (χ0) is 16.7. The monoisotopic (exact) mass is 381 g/mol. The molecule has 0 spiro atoms. The van der Waals surface area contributed by atoms with Gasteiger partial charge in [-0.25, -0.2) is 4.39 Å². The zero-order valence-electron chi connectivity index (χ0n) is 13.4. The molecule has 124 valence electrons. The third-order valence-corrected chi connectivity index (χ3v) is 3.91. The van der Waals surface area contributed by atoms with Crippen LogP contribution in [-0.4, -0.2) is 20.3 Å². The lowest BCUT2D eigenvalue weighted by Gasteiger charge is -2.15. The molecule has 0 aliphatic carbocycles. The summed E-state index contributed by atoms with van der Waals surface area (Å²) in [4.78, 5) is 0. The van der Waals surface area contributed by atoms with Gasteiger partial charge in [0.25, 0.3) is 0 Å². The predicted molar refractivity (Wildman–Crippen MR) is 93.7 cm³/mol. The SMILES string of the molecule is CCOc1c(CNCCc2ccccc2F)cc(Br)cc1OC. The van der Waals surface area contributed by atoms with Gasteiger partial charge in [-0.1, -0.05) is 34.1 Å². The Bertz CT molecular complexity index is 649. The van der Waals surface area contributed by atoms with Gasteiger partial charge in [0, 0.05) is 16.6 Å². The molecule has 0 amide bonds. The van der Waals surface area contributed by atoms with Crippen molar-refractivity contribution in [2.24, 2.45) is 0 Å². The van der Waals surface area contributed by atoms with Gasteiger partial charge in [-0.05, 0) is 43.7 Å². The molecule has 0 heterocycles. The normalized spacial score (nSPS) is 10.6. The van der Waals surface area contributed by atoms with Crippen LogP contribution < -0.4 is 14.8 Å². The second-order valence-electron chi connectivity index (χ2n) is 5.05. The van der Waals surface area contributed by atoms with Crippen molar-refractivity contribution in [3.8, 4) is 11.5 Å². The Morgan fingerprint density at radius 1 is 1.17 bits per heavy atom. The van der Waals surface area contributed by atoms with Crippen LogP contribution in [0.15, 0.2) is 40.9 Å². The highest BCUT2D eigenvalue weighted by molar-refractivity contribution is 9.10. The summed E-state index contributed by atoms with van der Waals surface area (Å²) in [6.07, 6.45) is 0.641. The van der Waals surface area contributed by atoms with Crippen molar-refractivity contribution in [3.63, 3.8) is 0 Å². The van der Waals surface area contributed by atoms with Crippen LogP contribution in [0.5, 0.6) is 11.5 Å². The van der Waals surface area contributed by atoms with Crippen molar-refractivity contribution in [1.29, 1.82) is 0 Å². The Morgan fingerprint density at radius 2 is 1.96 bits per heavy atom. The fourth-order valence-electron chi connectivity index (χ4n) is 2.36. The second-order valence-corrected chi connectivity index (χ2v) is 5.96. The second kappa shape index (κ2) is 8.89. The Balaban J connectivity index is 1.99. The lowest BCUT2D eigenvalue weighted by Crippen LogP contribution is -2.18. The summed E-state index contributed by atoms with van der Waals surface area (Å²) in [6, 6.07) is 10.7. The van der Waals surface area contributed by atoms with E-state index >= 15 is 0 Å². The van der Waals surface area contributed by atoms with E-state index in [0.29, 0.717) is 31.9 Å². The number of hydrogen-bond donors (Lipinski definition) is 1. The van der Waals surface area contributed by atoms with E-state index in [9.17, 15) is 4.39 Å². The smallest absolute Gasteiger partial charge is 0.165 e. The lowest BCUT2D eigenvalue weighted by molar-refractivity contribution is 0.306. The molecule has 0 aliphatic heterocycles. The third-order valence-electron chi connectivity index (χ3n) is 3.45. The average molecular weight is 382 g/mol. The van der Waals surface area contributed by atoms with Crippen LogP contribution >= 0.6 is 15.9 Å². The standard InChI is InChI=1S/C18H21BrFNO2/c1-3-23-18-14(10-15(19)11-17(18)22-2)12-21-9-8-13-6-4-5-7-16(13)20/h4-7,10-11,21H,3,8-9,12H2,1-2H3. The number of nitrogens with one attached hydrogen (secondary N) is 1. The highest BCUT2D eigenvalue weighted by atomic mass is 79.9. The van der Waals surface area contributed by atoms with Crippen LogP contribution in [0.2, 0.25) is 0 Å². The molecule has 2 aromatic rings. The number of rotatable bonds is 8. The van der Waals surface area contributed by atoms with Crippen molar-refractivity contribution in [2.45, 2.75) is 19.9 Å². The van der Waals surface area contributed by atoms with Crippen molar-refractivity contribution in [3.05, 3.63) is 57.8 Å². The van der Waals surface area contributed by atoms with Gasteiger partial charge in [0.1, 0.15) is 5.82 Å². The quantitative estimate of drug-likeness (QED) is 0.690. The molecule has 0 bridgehead atoms. The van der Waals surface area contributed by atoms with Crippen LogP contribution in [0.25, 0.3) is 0 Å². The molecule has 0 unspecified atom stereocenters. The minimum absolute atomic E-state index is 0.159. The Labute approximate surface area is 144 Å². The third kappa shape index (κ3) is 4.94. The van der Waals surface area contributed by atoms with E-state index in [2.05, 4.69) is 21.2 Å². The Morgan fingerprint density at radius 3 is 2.65 bits per heavy atom. The Kier molecular flexibility index (Phi) is 6.86. The van der Waals surface area contributed by atoms with Crippen molar-refractivity contribution >= 4 is 15.9 Å². The van der Waals surface area contributed by atoms with Gasteiger partial charge in [-0.2, -0.15) is 0 Å². The number of hydrogen-bond acceptors (Lipinski definition) is 3. The highest BCUT2D eigenvalue weighted by Gasteiger charge is 2.12. The first-order valence-electron chi connectivity index (χ1n) is 7.59. The summed E-state index contributed by atoms with van der Waals surface area (Å²) in [5.74, 6) is 1.29. The van der Waals surface area contributed by atoms with Crippen LogP contribution in [0.4, 0.5) is 4.39 Å². The maximum atomic E-state index is 13.6. The van der Waals surface area contributed by atoms with Gasteiger partial charge in [-0.15, -0.1) is 0 Å². The summed E-state index contributed by atoms with van der Waals surface area (Å²) in [5, 5.41) is 3.33. The minimum Gasteiger partial charge on any atom is -0.493 e. The molecule has 0 radical (unpaired) electrons. The largest absolute Gasteiger partial charge is 0.493 e. The average Bonchev–Trinajstić information content (AvgIpc) is 2.55. The van der Waals surface area contributed by atoms with E-state index < -0.39 is 0 Å². The highest BCUT2D eigenvalue weighted by Crippen LogP contribution is 2.34. The van der Waals surface area contributed by atoms with Gasteiger partial charge < -0.3 is 14.8 Å². The molecule has 2 rings (SSSR count). The number of halogens is 2. The van der Waals surface area contributed by atoms with E-state index in [4.69, 9.17) is 9.47 Å². The van der Waals surface area contributed by atoms with Gasteiger partial charge >= 0.3 is 0 Å². The predicted octanol–water partition coefficient (Wildman–Crippen LogP) is 4.33. The van der Waals surface area contributed by atoms with Gasteiger partial charge in [-0.3, -0.25) is 0 Å². The first-order chi connectivity index (χ1) is 11.2. The molecule has 0 fully saturated rings. The van der Waals surface area contributed by atoms with Crippen molar-refractivity contribution in [2.75, 3.05) is 20.3 Å². The maximum absolute atomic E-state index is 13.6. The molecule has 0 aromatic heterocycles. The molecule has 3 nitrogen and oxygen atoms in total.